The number of aromatic amines is 2. The van der Waals surface area contributed by atoms with Crippen LogP contribution in [-0.4, -0.2) is 27.0 Å². The third-order valence-corrected chi connectivity index (χ3v) is 5.05. The molecule has 0 saturated heterocycles. The van der Waals surface area contributed by atoms with Gasteiger partial charge < -0.3 is 14.7 Å². The van der Waals surface area contributed by atoms with E-state index in [9.17, 15) is 0 Å². The van der Waals surface area contributed by atoms with Crippen LogP contribution >= 0.6 is 0 Å². The van der Waals surface area contributed by atoms with E-state index >= 15 is 0 Å². The number of aromatic nitrogens is 4. The average Bonchev–Trinajstić information content (AvgIpc) is 3.57. The van der Waals surface area contributed by atoms with Crippen molar-refractivity contribution in [2.45, 2.75) is 13.8 Å². The largest absolute Gasteiger partial charge is 0.496 e. The Morgan fingerprint density at radius 2 is 1.16 bits per heavy atom. The van der Waals surface area contributed by atoms with Gasteiger partial charge in [-0.3, -0.25) is 0 Å². The minimum atomic E-state index is 0.752. The molecule has 0 aliphatic carbocycles. The summed E-state index contributed by atoms with van der Waals surface area (Å²) in [4.78, 5) is 16.0. The Balaban J connectivity index is 0.00000119. The lowest BCUT2D eigenvalue weighted by Crippen LogP contribution is -1.91. The van der Waals surface area contributed by atoms with Crippen molar-refractivity contribution in [3.05, 3.63) is 91.3 Å². The maximum atomic E-state index is 5.59. The number of imidazole rings is 2. The Morgan fingerprint density at radius 3 is 1.72 bits per heavy atom. The van der Waals surface area contributed by atoms with E-state index in [-0.39, 0.29) is 0 Å². The summed E-state index contributed by atoms with van der Waals surface area (Å²) >= 11 is 0. The number of benzene rings is 3. The van der Waals surface area contributed by atoms with Crippen molar-refractivity contribution >= 4 is 0 Å². The third-order valence-electron chi connectivity index (χ3n) is 5.05. The van der Waals surface area contributed by atoms with Crippen molar-refractivity contribution in [3.8, 4) is 51.0 Å². The lowest BCUT2D eigenvalue weighted by molar-refractivity contribution is 0.416. The number of methoxy groups -OCH3 is 1. The second kappa shape index (κ2) is 9.79. The molecule has 5 rings (SSSR count). The molecule has 0 atom stereocenters. The lowest BCUT2D eigenvalue weighted by Gasteiger charge is -2.08. The van der Waals surface area contributed by atoms with Crippen molar-refractivity contribution in [1.82, 2.24) is 19.9 Å². The quantitative estimate of drug-likeness (QED) is 0.326. The third kappa shape index (κ3) is 4.32. The summed E-state index contributed by atoms with van der Waals surface area (Å²) in [5.41, 5.74) is 5.98. The van der Waals surface area contributed by atoms with Crippen LogP contribution in [0.25, 0.3) is 45.3 Å². The molecule has 2 N–H and O–H groups in total. The van der Waals surface area contributed by atoms with Gasteiger partial charge in [0.15, 0.2) is 0 Å². The Kier molecular flexibility index (Phi) is 6.46. The SMILES string of the molecule is CC.COc1ccc(-c2ncc(-c3ccccc3)[nH]2)cc1-c1ncc(-c2ccccc2)[nH]1. The molecule has 0 spiro atoms. The zero-order chi connectivity index (χ0) is 22.3. The molecule has 32 heavy (non-hydrogen) atoms. The van der Waals surface area contributed by atoms with Gasteiger partial charge in [-0.05, 0) is 29.3 Å². The van der Waals surface area contributed by atoms with Crippen LogP contribution in [0.5, 0.6) is 5.75 Å². The van der Waals surface area contributed by atoms with Crippen LogP contribution < -0.4 is 4.74 Å². The molecule has 2 heterocycles. The number of nitrogens with one attached hydrogen (secondary N) is 2. The van der Waals surface area contributed by atoms with Gasteiger partial charge >= 0.3 is 0 Å². The monoisotopic (exact) mass is 422 g/mol. The number of rotatable bonds is 5. The number of hydrogen-bond acceptors (Lipinski definition) is 3. The predicted molar refractivity (Wildman–Crippen MR) is 130 cm³/mol. The van der Waals surface area contributed by atoms with E-state index in [1.54, 1.807) is 7.11 Å². The van der Waals surface area contributed by atoms with E-state index in [0.29, 0.717) is 0 Å². The van der Waals surface area contributed by atoms with Crippen molar-refractivity contribution in [2.24, 2.45) is 0 Å². The van der Waals surface area contributed by atoms with Crippen molar-refractivity contribution < 1.29 is 4.74 Å². The maximum absolute atomic E-state index is 5.59. The first-order chi connectivity index (χ1) is 15.8. The topological polar surface area (TPSA) is 66.6 Å². The summed E-state index contributed by atoms with van der Waals surface area (Å²) in [7, 11) is 1.67. The van der Waals surface area contributed by atoms with Crippen LogP contribution in [0.2, 0.25) is 0 Å². The highest BCUT2D eigenvalue weighted by molar-refractivity contribution is 5.75. The van der Waals surface area contributed by atoms with E-state index in [4.69, 9.17) is 4.74 Å². The summed E-state index contributed by atoms with van der Waals surface area (Å²) in [6.07, 6.45) is 3.70. The summed E-state index contributed by atoms with van der Waals surface area (Å²) in [5, 5.41) is 0. The molecule has 160 valence electrons. The molecule has 2 aromatic heterocycles. The molecule has 0 amide bonds. The van der Waals surface area contributed by atoms with Gasteiger partial charge in [0, 0.05) is 5.56 Å². The molecular weight excluding hydrogens is 396 g/mol. The fourth-order valence-electron chi connectivity index (χ4n) is 3.50. The van der Waals surface area contributed by atoms with Crippen LogP contribution in [0.3, 0.4) is 0 Å². The van der Waals surface area contributed by atoms with Crippen LogP contribution in [-0.2, 0) is 0 Å². The Bertz CT molecular complexity index is 1270. The number of H-pyrrole nitrogens is 2. The van der Waals surface area contributed by atoms with E-state index in [1.807, 2.05) is 80.8 Å². The minimum Gasteiger partial charge on any atom is -0.496 e. The fourth-order valence-corrected chi connectivity index (χ4v) is 3.50. The fraction of sp³-hybridized carbons (Fsp3) is 0.111. The summed E-state index contributed by atoms with van der Waals surface area (Å²) in [6.45, 7) is 4.00. The van der Waals surface area contributed by atoms with E-state index < -0.39 is 0 Å². The molecule has 0 bridgehead atoms. The van der Waals surface area contributed by atoms with Gasteiger partial charge in [0.1, 0.15) is 17.4 Å². The zero-order valence-corrected chi connectivity index (χ0v) is 18.5. The van der Waals surface area contributed by atoms with Gasteiger partial charge in [-0.15, -0.1) is 0 Å². The Labute approximate surface area is 188 Å². The van der Waals surface area contributed by atoms with Gasteiger partial charge in [0.25, 0.3) is 0 Å². The average molecular weight is 423 g/mol. The molecule has 0 fully saturated rings. The van der Waals surface area contributed by atoms with E-state index in [0.717, 1.165) is 51.0 Å². The van der Waals surface area contributed by atoms with Gasteiger partial charge in [-0.25, -0.2) is 9.97 Å². The highest BCUT2D eigenvalue weighted by Crippen LogP contribution is 2.33. The summed E-state index contributed by atoms with van der Waals surface area (Å²) in [5.74, 6) is 2.30. The van der Waals surface area contributed by atoms with Crippen LogP contribution in [0, 0.1) is 0 Å². The Hall–Kier alpha value is -4.12. The zero-order valence-electron chi connectivity index (χ0n) is 18.5. The van der Waals surface area contributed by atoms with E-state index in [1.165, 1.54) is 0 Å². The van der Waals surface area contributed by atoms with Gasteiger partial charge in [0.2, 0.25) is 0 Å². The number of hydrogen-bond donors (Lipinski definition) is 2. The normalized spacial score (nSPS) is 10.3. The second-order valence-corrected chi connectivity index (χ2v) is 6.94. The molecule has 3 aromatic carbocycles. The second-order valence-electron chi connectivity index (χ2n) is 6.94. The van der Waals surface area contributed by atoms with Crippen LogP contribution in [0.4, 0.5) is 0 Å². The standard InChI is InChI=1S/C25H20N4O.C2H6/c1-30-23-13-12-19(24-26-15-21(28-24)17-8-4-2-5-9-17)14-20(23)25-27-16-22(29-25)18-10-6-3-7-11-18;1-2/h2-16H,1H3,(H,26,28)(H,27,29);1-2H3. The molecule has 5 aromatic rings. The minimum absolute atomic E-state index is 0.752. The smallest absolute Gasteiger partial charge is 0.141 e. The molecule has 5 nitrogen and oxygen atoms in total. The first-order valence-electron chi connectivity index (χ1n) is 10.7. The first-order valence-corrected chi connectivity index (χ1v) is 10.7. The van der Waals surface area contributed by atoms with Gasteiger partial charge in [0.05, 0.1) is 36.5 Å². The number of nitrogens with zero attached hydrogens (tertiary/aromatic N) is 2. The lowest BCUT2D eigenvalue weighted by atomic mass is 10.1. The molecule has 0 unspecified atom stereocenters. The molecule has 0 aliphatic rings. The van der Waals surface area contributed by atoms with E-state index in [2.05, 4.69) is 44.2 Å². The molecule has 5 heteroatoms. The highest BCUT2D eigenvalue weighted by atomic mass is 16.5. The van der Waals surface area contributed by atoms with Gasteiger partial charge in [-0.1, -0.05) is 74.5 Å². The number of ether oxygens (including phenoxy) is 1. The summed E-state index contributed by atoms with van der Waals surface area (Å²) < 4.78 is 5.59. The summed E-state index contributed by atoms with van der Waals surface area (Å²) in [6, 6.07) is 26.3. The maximum Gasteiger partial charge on any atom is 0.141 e. The van der Waals surface area contributed by atoms with Gasteiger partial charge in [-0.2, -0.15) is 0 Å². The van der Waals surface area contributed by atoms with Crippen molar-refractivity contribution in [1.29, 1.82) is 0 Å². The highest BCUT2D eigenvalue weighted by Gasteiger charge is 2.14. The molecule has 0 saturated carbocycles. The predicted octanol–water partition coefficient (Wildman–Crippen LogP) is 6.84. The van der Waals surface area contributed by atoms with Crippen molar-refractivity contribution in [2.75, 3.05) is 7.11 Å². The van der Waals surface area contributed by atoms with Crippen LogP contribution in [0.1, 0.15) is 13.8 Å². The molecular formula is C27H26N4O. The molecule has 0 radical (unpaired) electrons. The van der Waals surface area contributed by atoms with Crippen molar-refractivity contribution in [3.63, 3.8) is 0 Å². The molecule has 0 aliphatic heterocycles. The first kappa shape index (κ1) is 21.1. The Morgan fingerprint density at radius 1 is 0.625 bits per heavy atom. The van der Waals surface area contributed by atoms with Crippen LogP contribution in [0.15, 0.2) is 91.3 Å².